The van der Waals surface area contributed by atoms with Gasteiger partial charge in [-0.2, -0.15) is 8.78 Å². The molecule has 1 aromatic carbocycles. The number of para-hydroxylation sites is 2. The van der Waals surface area contributed by atoms with Gasteiger partial charge in [0.05, 0.1) is 17.9 Å². The van der Waals surface area contributed by atoms with Crippen LogP contribution < -0.4 is 25.2 Å². The van der Waals surface area contributed by atoms with Crippen LogP contribution in [-0.4, -0.2) is 57.8 Å². The van der Waals surface area contributed by atoms with E-state index in [0.717, 1.165) is 24.5 Å². The molecule has 1 aliphatic rings. The van der Waals surface area contributed by atoms with E-state index in [1.165, 1.54) is 0 Å². The summed E-state index contributed by atoms with van der Waals surface area (Å²) in [7, 11) is 5.63. The number of guanidine groups is 1. The second-order valence-corrected chi connectivity index (χ2v) is 7.23. The molecule has 3 rings (SSSR count). The van der Waals surface area contributed by atoms with E-state index in [1.54, 1.807) is 25.2 Å². The molecule has 10 heteroatoms. The van der Waals surface area contributed by atoms with Gasteiger partial charge in [-0.1, -0.05) is 18.2 Å². The van der Waals surface area contributed by atoms with Crippen molar-refractivity contribution in [2.45, 2.75) is 25.6 Å². The molecule has 0 amide bonds. The fraction of sp³-hybridized carbons (Fsp3) is 0.429. The van der Waals surface area contributed by atoms with E-state index in [4.69, 9.17) is 0 Å². The van der Waals surface area contributed by atoms with Gasteiger partial charge >= 0.3 is 6.61 Å². The molecule has 1 aliphatic heterocycles. The lowest BCUT2D eigenvalue weighted by Crippen LogP contribution is -2.44. The summed E-state index contributed by atoms with van der Waals surface area (Å²) in [5.41, 5.74) is 1.59. The average Bonchev–Trinajstić information content (AvgIpc) is 3.19. The number of alkyl halides is 2. The summed E-state index contributed by atoms with van der Waals surface area (Å²) in [5, 5.41) is 6.69. The first-order valence-corrected chi connectivity index (χ1v) is 9.85. The summed E-state index contributed by atoms with van der Waals surface area (Å²) in [5.74, 6) is 1.77. The van der Waals surface area contributed by atoms with E-state index in [2.05, 4.69) is 25.3 Å². The number of rotatable bonds is 7. The van der Waals surface area contributed by atoms with E-state index < -0.39 is 6.61 Å². The van der Waals surface area contributed by atoms with Gasteiger partial charge in [0.1, 0.15) is 11.6 Å². The van der Waals surface area contributed by atoms with Gasteiger partial charge in [-0.25, -0.2) is 4.98 Å². The highest BCUT2D eigenvalue weighted by Crippen LogP contribution is 2.31. The van der Waals surface area contributed by atoms with Crippen molar-refractivity contribution in [1.29, 1.82) is 0 Å². The highest BCUT2D eigenvalue weighted by atomic mass is 127. The molecule has 2 N–H and O–H groups in total. The Hall–Kier alpha value is -2.37. The summed E-state index contributed by atoms with van der Waals surface area (Å²) in [4.78, 5) is 12.9. The highest BCUT2D eigenvalue weighted by Gasteiger charge is 2.26. The zero-order valence-electron chi connectivity index (χ0n) is 17.9. The largest absolute Gasteiger partial charge is 0.433 e. The van der Waals surface area contributed by atoms with Gasteiger partial charge in [-0.15, -0.1) is 24.0 Å². The van der Waals surface area contributed by atoms with Crippen LogP contribution in [0.15, 0.2) is 47.5 Å². The lowest BCUT2D eigenvalue weighted by molar-refractivity contribution is -0.0495. The third-order valence-corrected chi connectivity index (χ3v) is 4.86. The molecule has 2 aromatic rings. The maximum Gasteiger partial charge on any atom is 0.387 e. The number of pyridine rings is 1. The maximum atomic E-state index is 12.7. The van der Waals surface area contributed by atoms with Crippen molar-refractivity contribution in [2.24, 2.45) is 4.99 Å². The first-order chi connectivity index (χ1) is 14.5. The van der Waals surface area contributed by atoms with Crippen LogP contribution in [0.5, 0.6) is 5.75 Å². The van der Waals surface area contributed by atoms with Crippen LogP contribution in [0.25, 0.3) is 0 Å². The van der Waals surface area contributed by atoms with Crippen LogP contribution in [0.1, 0.15) is 12.1 Å². The zero-order chi connectivity index (χ0) is 21.5. The minimum absolute atomic E-state index is 0. The zero-order valence-corrected chi connectivity index (χ0v) is 20.2. The SMILES string of the molecule is CN=C(NCc1cccc(N(C)C)n1)NC1CCN(c2ccccc2OC(F)F)C1.I. The Morgan fingerprint density at radius 3 is 2.74 bits per heavy atom. The van der Waals surface area contributed by atoms with Crippen LogP contribution in [0.4, 0.5) is 20.3 Å². The van der Waals surface area contributed by atoms with E-state index in [9.17, 15) is 8.78 Å². The van der Waals surface area contributed by atoms with Gasteiger partial charge in [0.2, 0.25) is 0 Å². The molecule has 1 fully saturated rings. The molecule has 0 spiro atoms. The summed E-state index contributed by atoms with van der Waals surface area (Å²) in [6.45, 7) is -0.892. The quantitative estimate of drug-likeness (QED) is 0.316. The van der Waals surface area contributed by atoms with Gasteiger partial charge < -0.3 is 25.2 Å². The Morgan fingerprint density at radius 1 is 1.26 bits per heavy atom. The van der Waals surface area contributed by atoms with Gasteiger partial charge in [0.15, 0.2) is 5.96 Å². The van der Waals surface area contributed by atoms with Crippen LogP contribution in [0, 0.1) is 0 Å². The molecule has 7 nitrogen and oxygen atoms in total. The van der Waals surface area contributed by atoms with Crippen molar-refractivity contribution in [3.8, 4) is 5.75 Å². The first kappa shape index (κ1) is 24.9. The Morgan fingerprint density at radius 2 is 2.03 bits per heavy atom. The van der Waals surface area contributed by atoms with Crippen LogP contribution in [0.2, 0.25) is 0 Å². The maximum absolute atomic E-state index is 12.7. The molecule has 1 unspecified atom stereocenters. The molecule has 170 valence electrons. The number of nitrogens with zero attached hydrogens (tertiary/aromatic N) is 4. The summed E-state index contributed by atoms with van der Waals surface area (Å²) < 4.78 is 30.0. The number of halogens is 3. The molecule has 1 atom stereocenters. The smallest absolute Gasteiger partial charge is 0.387 e. The Bertz CT molecular complexity index is 867. The number of aromatic nitrogens is 1. The molecule has 0 bridgehead atoms. The first-order valence-electron chi connectivity index (χ1n) is 9.85. The number of benzene rings is 1. The second kappa shape index (κ2) is 11.9. The fourth-order valence-electron chi connectivity index (χ4n) is 3.39. The molecule has 0 aliphatic carbocycles. The van der Waals surface area contributed by atoms with Crippen molar-refractivity contribution in [3.05, 3.63) is 48.2 Å². The summed E-state index contributed by atoms with van der Waals surface area (Å²) in [6.07, 6.45) is 0.859. The summed E-state index contributed by atoms with van der Waals surface area (Å²) >= 11 is 0. The molecule has 0 saturated carbocycles. The van der Waals surface area contributed by atoms with Gasteiger partial charge in [0.25, 0.3) is 0 Å². The average molecular weight is 546 g/mol. The fourth-order valence-corrected chi connectivity index (χ4v) is 3.39. The molecule has 0 radical (unpaired) electrons. The van der Waals surface area contributed by atoms with Crippen molar-refractivity contribution in [3.63, 3.8) is 0 Å². The highest BCUT2D eigenvalue weighted by molar-refractivity contribution is 14.0. The van der Waals surface area contributed by atoms with Crippen LogP contribution in [-0.2, 0) is 6.54 Å². The minimum atomic E-state index is -2.84. The Balaban J connectivity index is 0.00000341. The van der Waals surface area contributed by atoms with Crippen molar-refractivity contribution in [1.82, 2.24) is 15.6 Å². The molecule has 1 saturated heterocycles. The lowest BCUT2D eigenvalue weighted by atomic mass is 10.2. The number of nitrogens with one attached hydrogen (secondary N) is 2. The predicted molar refractivity (Wildman–Crippen MR) is 131 cm³/mol. The third kappa shape index (κ3) is 7.08. The number of hydrogen-bond acceptors (Lipinski definition) is 5. The Labute approximate surface area is 198 Å². The van der Waals surface area contributed by atoms with Crippen LogP contribution in [0.3, 0.4) is 0 Å². The number of hydrogen-bond donors (Lipinski definition) is 2. The lowest BCUT2D eigenvalue weighted by Gasteiger charge is -2.22. The molecule has 31 heavy (non-hydrogen) atoms. The van der Waals surface area contributed by atoms with Gasteiger partial charge in [-0.05, 0) is 30.7 Å². The van der Waals surface area contributed by atoms with Crippen molar-refractivity contribution in [2.75, 3.05) is 44.0 Å². The molecular weight excluding hydrogens is 517 g/mol. The number of ether oxygens (including phenoxy) is 1. The third-order valence-electron chi connectivity index (χ3n) is 4.86. The second-order valence-electron chi connectivity index (χ2n) is 7.23. The topological polar surface area (TPSA) is 65.0 Å². The number of aliphatic imine (C=N–C) groups is 1. The summed E-state index contributed by atoms with van der Waals surface area (Å²) in [6, 6.07) is 12.9. The normalized spacial score (nSPS) is 16.1. The van der Waals surface area contributed by atoms with Crippen LogP contribution >= 0.6 is 24.0 Å². The molecule has 1 aromatic heterocycles. The van der Waals surface area contributed by atoms with E-state index in [-0.39, 0.29) is 35.8 Å². The van der Waals surface area contributed by atoms with Gasteiger partial charge in [-0.3, -0.25) is 4.99 Å². The van der Waals surface area contributed by atoms with E-state index in [0.29, 0.717) is 24.7 Å². The molecular formula is C21H29F2IN6O. The van der Waals surface area contributed by atoms with Crippen molar-refractivity contribution >= 4 is 41.4 Å². The molecule has 2 heterocycles. The monoisotopic (exact) mass is 546 g/mol. The predicted octanol–water partition coefficient (Wildman–Crippen LogP) is 3.31. The van der Waals surface area contributed by atoms with E-state index >= 15 is 0 Å². The number of anilines is 2. The van der Waals surface area contributed by atoms with Crippen molar-refractivity contribution < 1.29 is 13.5 Å². The van der Waals surface area contributed by atoms with Gasteiger partial charge in [0, 0.05) is 40.3 Å². The standard InChI is InChI=1S/C21H28F2N6O.HI/c1-24-21(25-13-15-7-6-10-19(26-15)28(2)3)27-16-11-12-29(14-16)17-8-4-5-9-18(17)30-20(22)23;/h4-10,16,20H,11-14H2,1-3H3,(H2,24,25,27);1H. The van der Waals surface area contributed by atoms with E-state index in [1.807, 2.05) is 48.2 Å². The Kier molecular flexibility index (Phi) is 9.53. The minimum Gasteiger partial charge on any atom is -0.433 e.